The van der Waals surface area contributed by atoms with Crippen LogP contribution in [0.4, 0.5) is 0 Å². The number of carbonyl (C=O) groups is 2. The number of aliphatic hydroxyl groups is 1. The van der Waals surface area contributed by atoms with E-state index in [0.29, 0.717) is 11.1 Å². The molecular weight excluding hydrogens is 256 g/mol. The molecule has 2 rings (SSSR count). The highest BCUT2D eigenvalue weighted by Gasteiger charge is 2.21. The van der Waals surface area contributed by atoms with Crippen LogP contribution in [-0.2, 0) is 11.2 Å². The van der Waals surface area contributed by atoms with Crippen LogP contribution < -0.4 is 0 Å². The Hall–Kier alpha value is -2.46. The summed E-state index contributed by atoms with van der Waals surface area (Å²) < 4.78 is 0. The number of carboxylic acid groups (broad SMARTS) is 1. The van der Waals surface area contributed by atoms with Crippen molar-refractivity contribution in [2.24, 2.45) is 0 Å². The minimum atomic E-state index is -1.29. The minimum Gasteiger partial charge on any atom is -0.481 e. The van der Waals surface area contributed by atoms with E-state index in [0.717, 1.165) is 0 Å². The van der Waals surface area contributed by atoms with Gasteiger partial charge in [-0.15, -0.1) is 0 Å². The maximum absolute atomic E-state index is 12.3. The Morgan fingerprint density at radius 2 is 1.55 bits per heavy atom. The molecule has 0 radical (unpaired) electrons. The van der Waals surface area contributed by atoms with Gasteiger partial charge in [-0.25, -0.2) is 0 Å². The molecule has 0 heterocycles. The summed E-state index contributed by atoms with van der Waals surface area (Å²) in [6, 6.07) is 15.0. The van der Waals surface area contributed by atoms with Gasteiger partial charge >= 0.3 is 5.97 Å². The first-order chi connectivity index (χ1) is 9.59. The Kier molecular flexibility index (Phi) is 4.27. The van der Waals surface area contributed by atoms with Gasteiger partial charge in [0.05, 0.1) is 6.42 Å². The largest absolute Gasteiger partial charge is 0.481 e. The molecule has 0 saturated heterocycles. The van der Waals surface area contributed by atoms with E-state index in [4.69, 9.17) is 5.11 Å². The van der Waals surface area contributed by atoms with E-state index in [-0.39, 0.29) is 12.0 Å². The maximum Gasteiger partial charge on any atom is 0.307 e. The van der Waals surface area contributed by atoms with Gasteiger partial charge in [0.2, 0.25) is 0 Å². The van der Waals surface area contributed by atoms with Crippen molar-refractivity contribution in [2.75, 3.05) is 0 Å². The van der Waals surface area contributed by atoms with Crippen LogP contribution in [0.15, 0.2) is 54.6 Å². The van der Waals surface area contributed by atoms with Gasteiger partial charge in [0.1, 0.15) is 6.10 Å². The van der Waals surface area contributed by atoms with Crippen molar-refractivity contribution >= 4 is 11.8 Å². The molecule has 0 spiro atoms. The Balaban J connectivity index is 2.32. The number of carboxylic acids is 1. The summed E-state index contributed by atoms with van der Waals surface area (Å²) in [7, 11) is 0. The molecule has 2 aromatic rings. The first kappa shape index (κ1) is 14.0. The van der Waals surface area contributed by atoms with Crippen LogP contribution in [0.5, 0.6) is 0 Å². The van der Waals surface area contributed by atoms with Crippen molar-refractivity contribution in [1.82, 2.24) is 0 Å². The number of benzene rings is 2. The molecule has 0 aliphatic carbocycles. The summed E-state index contributed by atoms with van der Waals surface area (Å²) >= 11 is 0. The molecule has 0 aliphatic heterocycles. The normalized spacial score (nSPS) is 11.8. The first-order valence-corrected chi connectivity index (χ1v) is 6.16. The van der Waals surface area contributed by atoms with Crippen molar-refractivity contribution < 1.29 is 19.8 Å². The molecule has 20 heavy (non-hydrogen) atoms. The average Bonchev–Trinajstić information content (AvgIpc) is 2.46. The lowest BCUT2D eigenvalue weighted by atomic mass is 9.95. The number of hydrogen-bond acceptors (Lipinski definition) is 3. The molecule has 1 atom stereocenters. The van der Waals surface area contributed by atoms with Gasteiger partial charge in [-0.3, -0.25) is 9.59 Å². The summed E-state index contributed by atoms with van der Waals surface area (Å²) in [6.07, 6.45) is -1.53. The van der Waals surface area contributed by atoms with E-state index in [1.165, 1.54) is 6.07 Å². The second kappa shape index (κ2) is 6.12. The highest BCUT2D eigenvalue weighted by molar-refractivity contribution is 6.01. The number of ketones is 1. The topological polar surface area (TPSA) is 74.6 Å². The van der Waals surface area contributed by atoms with Crippen LogP contribution in [0.1, 0.15) is 27.6 Å². The summed E-state index contributed by atoms with van der Waals surface area (Å²) in [4.78, 5) is 23.1. The molecule has 0 aromatic heterocycles. The van der Waals surface area contributed by atoms with E-state index in [1.807, 2.05) is 0 Å². The summed E-state index contributed by atoms with van der Waals surface area (Å²) in [5.74, 6) is -1.51. The van der Waals surface area contributed by atoms with E-state index in [1.54, 1.807) is 48.5 Å². The second-order valence-corrected chi connectivity index (χ2v) is 4.41. The fourth-order valence-electron chi connectivity index (χ4n) is 2.01. The van der Waals surface area contributed by atoms with Crippen molar-refractivity contribution in [3.8, 4) is 0 Å². The lowest BCUT2D eigenvalue weighted by Gasteiger charge is -2.12. The van der Waals surface area contributed by atoms with Gasteiger partial charge in [0.15, 0.2) is 5.78 Å². The molecule has 0 saturated carbocycles. The van der Waals surface area contributed by atoms with E-state index in [2.05, 4.69) is 0 Å². The second-order valence-electron chi connectivity index (χ2n) is 4.41. The number of hydrogen-bond donors (Lipinski definition) is 2. The molecule has 0 fully saturated rings. The van der Waals surface area contributed by atoms with Crippen LogP contribution >= 0.6 is 0 Å². The fourth-order valence-corrected chi connectivity index (χ4v) is 2.01. The molecule has 4 heteroatoms. The molecule has 4 nitrogen and oxygen atoms in total. The number of rotatable bonds is 5. The van der Waals surface area contributed by atoms with Crippen LogP contribution in [0, 0.1) is 0 Å². The minimum absolute atomic E-state index is 0.242. The monoisotopic (exact) mass is 270 g/mol. The smallest absolute Gasteiger partial charge is 0.307 e. The molecule has 0 aliphatic rings. The lowest BCUT2D eigenvalue weighted by Crippen LogP contribution is -2.15. The Morgan fingerprint density at radius 3 is 2.20 bits per heavy atom. The van der Waals surface area contributed by atoms with Gasteiger partial charge in [-0.1, -0.05) is 54.6 Å². The zero-order valence-corrected chi connectivity index (χ0v) is 10.7. The molecule has 2 aromatic carbocycles. The fraction of sp³-hybridized carbons (Fsp3) is 0.125. The Morgan fingerprint density at radius 1 is 0.950 bits per heavy atom. The summed E-state index contributed by atoms with van der Waals surface area (Å²) in [5, 5.41) is 19.0. The zero-order valence-electron chi connectivity index (χ0n) is 10.7. The SMILES string of the molecule is O=C(O)Cc1ccccc1C(=O)C(O)c1ccccc1. The highest BCUT2D eigenvalue weighted by atomic mass is 16.4. The number of Topliss-reactive ketones (excluding diaryl/α,β-unsaturated/α-hetero) is 1. The predicted molar refractivity (Wildman–Crippen MR) is 73.5 cm³/mol. The molecule has 0 bridgehead atoms. The van der Waals surface area contributed by atoms with E-state index < -0.39 is 17.9 Å². The average molecular weight is 270 g/mol. The third-order valence-corrected chi connectivity index (χ3v) is 2.99. The number of aliphatic hydroxyl groups excluding tert-OH is 1. The quantitative estimate of drug-likeness (QED) is 0.817. The molecule has 2 N–H and O–H groups in total. The summed E-state index contributed by atoms with van der Waals surface area (Å²) in [6.45, 7) is 0. The van der Waals surface area contributed by atoms with Crippen LogP contribution in [0.3, 0.4) is 0 Å². The number of aliphatic carboxylic acids is 1. The van der Waals surface area contributed by atoms with E-state index in [9.17, 15) is 14.7 Å². The zero-order chi connectivity index (χ0) is 14.5. The Bertz CT molecular complexity index is 619. The van der Waals surface area contributed by atoms with Crippen LogP contribution in [0.2, 0.25) is 0 Å². The summed E-state index contributed by atoms with van der Waals surface area (Å²) in [5.41, 5.74) is 1.13. The molecule has 102 valence electrons. The van der Waals surface area contributed by atoms with Gasteiger partial charge in [-0.2, -0.15) is 0 Å². The number of carbonyl (C=O) groups excluding carboxylic acids is 1. The standard InChI is InChI=1S/C16H14O4/c17-14(18)10-12-8-4-5-9-13(12)16(20)15(19)11-6-2-1-3-7-11/h1-9,15,19H,10H2,(H,17,18). The van der Waals surface area contributed by atoms with Crippen molar-refractivity contribution in [1.29, 1.82) is 0 Å². The van der Waals surface area contributed by atoms with E-state index >= 15 is 0 Å². The predicted octanol–water partition coefficient (Wildman–Crippen LogP) is 2.23. The third-order valence-electron chi connectivity index (χ3n) is 2.99. The van der Waals surface area contributed by atoms with Gasteiger partial charge in [0.25, 0.3) is 0 Å². The maximum atomic E-state index is 12.3. The van der Waals surface area contributed by atoms with Crippen molar-refractivity contribution in [2.45, 2.75) is 12.5 Å². The van der Waals surface area contributed by atoms with Gasteiger partial charge in [0, 0.05) is 5.56 Å². The highest BCUT2D eigenvalue weighted by Crippen LogP contribution is 2.21. The van der Waals surface area contributed by atoms with Crippen LogP contribution in [0.25, 0.3) is 0 Å². The third kappa shape index (κ3) is 3.10. The lowest BCUT2D eigenvalue weighted by molar-refractivity contribution is -0.136. The first-order valence-electron chi connectivity index (χ1n) is 6.16. The van der Waals surface area contributed by atoms with Gasteiger partial charge in [-0.05, 0) is 11.1 Å². The van der Waals surface area contributed by atoms with Crippen molar-refractivity contribution in [3.05, 3.63) is 71.3 Å². The van der Waals surface area contributed by atoms with Gasteiger partial charge < -0.3 is 10.2 Å². The molecule has 1 unspecified atom stereocenters. The Labute approximate surface area is 116 Å². The molecular formula is C16H14O4. The van der Waals surface area contributed by atoms with Crippen molar-refractivity contribution in [3.63, 3.8) is 0 Å². The van der Waals surface area contributed by atoms with Crippen LogP contribution in [-0.4, -0.2) is 22.0 Å². The molecule has 0 amide bonds.